The number of aromatic nitrogens is 2. The van der Waals surface area contributed by atoms with E-state index in [2.05, 4.69) is 18.9 Å². The van der Waals surface area contributed by atoms with Crippen LogP contribution < -0.4 is 5.56 Å². The van der Waals surface area contributed by atoms with Gasteiger partial charge in [-0.2, -0.15) is 9.78 Å². The molecule has 0 unspecified atom stereocenters. The lowest BCUT2D eigenvalue weighted by molar-refractivity contribution is 0.0743. The molecule has 1 heterocycles. The zero-order chi connectivity index (χ0) is 17.4. The minimum Gasteiger partial charge on any atom is -0.337 e. The van der Waals surface area contributed by atoms with Gasteiger partial charge in [-0.05, 0) is 31.0 Å². The third-order valence-electron chi connectivity index (χ3n) is 3.87. The first-order chi connectivity index (χ1) is 11.7. The Kier molecular flexibility index (Phi) is 6.73. The Bertz CT molecular complexity index is 702. The van der Waals surface area contributed by atoms with Crippen LogP contribution >= 0.6 is 0 Å². The average molecular weight is 327 g/mol. The number of carbonyl (C=O) groups excluding carboxylic acids is 1. The summed E-state index contributed by atoms with van der Waals surface area (Å²) in [6.07, 6.45) is 4.00. The SMILES string of the molecule is CCCCN(CCCC)C(=O)c1ccc(=O)n(-c2ccccc2)n1. The van der Waals surface area contributed by atoms with Crippen molar-refractivity contribution < 1.29 is 4.79 Å². The molecule has 0 saturated carbocycles. The van der Waals surface area contributed by atoms with Crippen molar-refractivity contribution in [2.75, 3.05) is 13.1 Å². The van der Waals surface area contributed by atoms with Crippen molar-refractivity contribution in [1.29, 1.82) is 0 Å². The zero-order valence-corrected chi connectivity index (χ0v) is 14.4. The van der Waals surface area contributed by atoms with Gasteiger partial charge in [-0.3, -0.25) is 9.59 Å². The highest BCUT2D eigenvalue weighted by Crippen LogP contribution is 2.07. The van der Waals surface area contributed by atoms with E-state index in [0.717, 1.165) is 38.8 Å². The van der Waals surface area contributed by atoms with E-state index in [-0.39, 0.29) is 11.5 Å². The van der Waals surface area contributed by atoms with Gasteiger partial charge < -0.3 is 4.90 Å². The van der Waals surface area contributed by atoms with E-state index in [4.69, 9.17) is 0 Å². The second-order valence-electron chi connectivity index (χ2n) is 5.80. The summed E-state index contributed by atoms with van der Waals surface area (Å²) in [5.74, 6) is -0.110. The van der Waals surface area contributed by atoms with Gasteiger partial charge in [0.15, 0.2) is 0 Å². The highest BCUT2D eigenvalue weighted by molar-refractivity contribution is 5.92. The van der Waals surface area contributed by atoms with Crippen LogP contribution in [0, 0.1) is 0 Å². The summed E-state index contributed by atoms with van der Waals surface area (Å²) in [6, 6.07) is 12.1. The lowest BCUT2D eigenvalue weighted by Crippen LogP contribution is -2.35. The Balaban J connectivity index is 2.29. The Labute approximate surface area is 142 Å². The highest BCUT2D eigenvalue weighted by atomic mass is 16.2. The molecule has 1 amide bonds. The molecule has 24 heavy (non-hydrogen) atoms. The van der Waals surface area contributed by atoms with Gasteiger partial charge in [-0.25, -0.2) is 0 Å². The fraction of sp³-hybridized carbons (Fsp3) is 0.421. The van der Waals surface area contributed by atoms with Gasteiger partial charge in [-0.1, -0.05) is 44.9 Å². The second-order valence-corrected chi connectivity index (χ2v) is 5.80. The third-order valence-corrected chi connectivity index (χ3v) is 3.87. The summed E-state index contributed by atoms with van der Waals surface area (Å²) in [4.78, 5) is 26.7. The predicted octanol–water partition coefficient (Wildman–Crippen LogP) is 3.27. The molecule has 2 rings (SSSR count). The van der Waals surface area contributed by atoms with Crippen LogP contribution in [0.2, 0.25) is 0 Å². The summed E-state index contributed by atoms with van der Waals surface area (Å²) in [5.41, 5.74) is 0.725. The molecule has 0 saturated heterocycles. The standard InChI is InChI=1S/C19H25N3O2/c1-3-5-14-21(15-6-4-2)19(24)17-12-13-18(23)22(20-17)16-10-8-7-9-11-16/h7-13H,3-6,14-15H2,1-2H3. The van der Waals surface area contributed by atoms with Crippen molar-refractivity contribution >= 4 is 5.91 Å². The van der Waals surface area contributed by atoms with E-state index >= 15 is 0 Å². The average Bonchev–Trinajstić information content (AvgIpc) is 2.62. The van der Waals surface area contributed by atoms with Gasteiger partial charge in [0.1, 0.15) is 5.69 Å². The minimum atomic E-state index is -0.244. The first-order valence-corrected chi connectivity index (χ1v) is 8.62. The lowest BCUT2D eigenvalue weighted by atomic mass is 10.2. The van der Waals surface area contributed by atoms with Gasteiger partial charge in [0, 0.05) is 19.2 Å². The van der Waals surface area contributed by atoms with Gasteiger partial charge in [-0.15, -0.1) is 0 Å². The molecule has 128 valence electrons. The third kappa shape index (κ3) is 4.54. The van der Waals surface area contributed by atoms with E-state index in [9.17, 15) is 9.59 Å². The smallest absolute Gasteiger partial charge is 0.274 e. The van der Waals surface area contributed by atoms with Gasteiger partial charge in [0.05, 0.1) is 5.69 Å². The number of hydrogen-bond donors (Lipinski definition) is 0. The number of unbranched alkanes of at least 4 members (excludes halogenated alkanes) is 2. The van der Waals surface area contributed by atoms with E-state index < -0.39 is 0 Å². The first-order valence-electron chi connectivity index (χ1n) is 8.62. The van der Waals surface area contributed by atoms with Crippen LogP contribution in [-0.4, -0.2) is 33.7 Å². The largest absolute Gasteiger partial charge is 0.337 e. The van der Waals surface area contributed by atoms with Crippen molar-refractivity contribution in [2.45, 2.75) is 39.5 Å². The van der Waals surface area contributed by atoms with Gasteiger partial charge in [0.2, 0.25) is 0 Å². The number of hydrogen-bond acceptors (Lipinski definition) is 3. The molecular formula is C19H25N3O2. The zero-order valence-electron chi connectivity index (χ0n) is 14.4. The van der Waals surface area contributed by atoms with Crippen LogP contribution in [0.1, 0.15) is 50.0 Å². The maximum atomic E-state index is 12.8. The van der Waals surface area contributed by atoms with Crippen LogP contribution in [0.15, 0.2) is 47.3 Å². The Morgan fingerprint density at radius 2 is 1.62 bits per heavy atom. The molecular weight excluding hydrogens is 302 g/mol. The number of para-hydroxylation sites is 1. The summed E-state index contributed by atoms with van der Waals surface area (Å²) in [6.45, 7) is 5.66. The Hall–Kier alpha value is -2.43. The molecule has 1 aromatic heterocycles. The summed E-state index contributed by atoms with van der Waals surface area (Å²) >= 11 is 0. The maximum absolute atomic E-state index is 12.8. The molecule has 0 N–H and O–H groups in total. The fourth-order valence-electron chi connectivity index (χ4n) is 2.45. The first kappa shape index (κ1) is 17.9. The van der Waals surface area contributed by atoms with Crippen molar-refractivity contribution in [3.8, 4) is 5.69 Å². The van der Waals surface area contributed by atoms with Crippen LogP contribution in [0.5, 0.6) is 0 Å². The van der Waals surface area contributed by atoms with Crippen molar-refractivity contribution in [3.63, 3.8) is 0 Å². The van der Waals surface area contributed by atoms with Crippen LogP contribution in [0.25, 0.3) is 5.69 Å². The van der Waals surface area contributed by atoms with Gasteiger partial charge in [0.25, 0.3) is 11.5 Å². The number of rotatable bonds is 8. The molecule has 0 radical (unpaired) electrons. The van der Waals surface area contributed by atoms with Crippen molar-refractivity contribution in [2.24, 2.45) is 0 Å². The molecule has 0 atom stereocenters. The monoisotopic (exact) mass is 327 g/mol. The number of benzene rings is 1. The van der Waals surface area contributed by atoms with E-state index in [1.54, 1.807) is 12.1 Å². The van der Waals surface area contributed by atoms with Crippen LogP contribution in [0.4, 0.5) is 0 Å². The molecule has 5 heteroatoms. The Morgan fingerprint density at radius 3 is 2.21 bits per heavy atom. The van der Waals surface area contributed by atoms with E-state index in [1.165, 1.54) is 16.8 Å². The highest BCUT2D eigenvalue weighted by Gasteiger charge is 2.17. The quantitative estimate of drug-likeness (QED) is 0.747. The maximum Gasteiger partial charge on any atom is 0.274 e. The van der Waals surface area contributed by atoms with Crippen molar-refractivity contribution in [1.82, 2.24) is 14.7 Å². The topological polar surface area (TPSA) is 55.2 Å². The van der Waals surface area contributed by atoms with Crippen LogP contribution in [0.3, 0.4) is 0 Å². The van der Waals surface area contributed by atoms with Crippen molar-refractivity contribution in [3.05, 3.63) is 58.5 Å². The lowest BCUT2D eigenvalue weighted by Gasteiger charge is -2.22. The van der Waals surface area contributed by atoms with E-state index in [1.807, 2.05) is 23.1 Å². The Morgan fingerprint density at radius 1 is 1.00 bits per heavy atom. The summed E-state index contributed by atoms with van der Waals surface area (Å²) < 4.78 is 1.28. The molecule has 0 aliphatic rings. The fourth-order valence-corrected chi connectivity index (χ4v) is 2.45. The second kappa shape index (κ2) is 9.01. The minimum absolute atomic E-state index is 0.110. The predicted molar refractivity (Wildman–Crippen MR) is 95.6 cm³/mol. The van der Waals surface area contributed by atoms with Crippen LogP contribution in [-0.2, 0) is 0 Å². The normalized spacial score (nSPS) is 10.6. The molecule has 0 spiro atoms. The summed E-state index contributed by atoms with van der Waals surface area (Å²) in [5, 5.41) is 4.29. The molecule has 0 aliphatic carbocycles. The molecule has 0 aliphatic heterocycles. The number of nitrogens with zero attached hydrogens (tertiary/aromatic N) is 3. The molecule has 0 fully saturated rings. The molecule has 0 bridgehead atoms. The molecule has 2 aromatic rings. The molecule has 1 aromatic carbocycles. The molecule has 5 nitrogen and oxygen atoms in total. The van der Waals surface area contributed by atoms with E-state index in [0.29, 0.717) is 11.4 Å². The van der Waals surface area contributed by atoms with Gasteiger partial charge >= 0.3 is 0 Å². The summed E-state index contributed by atoms with van der Waals surface area (Å²) in [7, 11) is 0. The number of amides is 1. The number of carbonyl (C=O) groups is 1.